The van der Waals surface area contributed by atoms with Crippen LogP contribution in [0.25, 0.3) is 0 Å². The maximum absolute atomic E-state index is 11.9. The van der Waals surface area contributed by atoms with E-state index in [4.69, 9.17) is 0 Å². The molecule has 0 saturated heterocycles. The van der Waals surface area contributed by atoms with Crippen LogP contribution in [-0.4, -0.2) is 26.9 Å². The number of carbonyl (C=O) groups excluding carboxylic acids is 1. The van der Waals surface area contributed by atoms with Gasteiger partial charge in [-0.15, -0.1) is 0 Å². The fourth-order valence-electron chi connectivity index (χ4n) is 2.10. The van der Waals surface area contributed by atoms with Crippen LogP contribution >= 0.6 is 0 Å². The molecule has 0 aliphatic carbocycles. The highest BCUT2D eigenvalue weighted by Gasteiger charge is 2.20. The molecule has 0 spiro atoms. The third-order valence-corrected chi connectivity index (χ3v) is 3.31. The second kappa shape index (κ2) is 8.24. The van der Waals surface area contributed by atoms with Crippen LogP contribution in [0.15, 0.2) is 47.6 Å². The number of benzene rings is 2. The molecular weight excluding hydrogens is 362 g/mol. The van der Waals surface area contributed by atoms with Gasteiger partial charge in [-0.3, -0.25) is 35.1 Å². The van der Waals surface area contributed by atoms with Crippen molar-refractivity contribution in [2.24, 2.45) is 5.10 Å². The largest absolute Gasteiger partial charge is 0.279 e. The lowest BCUT2D eigenvalue weighted by atomic mass is 10.1. The topological polar surface area (TPSA) is 171 Å². The summed E-state index contributed by atoms with van der Waals surface area (Å²) in [7, 11) is 0. The number of hydrogen-bond acceptors (Lipinski definition) is 8. The Hall–Kier alpha value is -4.22. The normalized spacial score (nSPS) is 10.5. The van der Waals surface area contributed by atoms with Crippen LogP contribution in [0.1, 0.15) is 11.1 Å². The quantitative estimate of drug-likeness (QED) is 0.439. The summed E-state index contributed by atoms with van der Waals surface area (Å²) >= 11 is 0. The molecule has 138 valence electrons. The van der Waals surface area contributed by atoms with Crippen molar-refractivity contribution in [2.45, 2.75) is 6.42 Å². The Balaban J connectivity index is 2.07. The monoisotopic (exact) mass is 373 g/mol. The van der Waals surface area contributed by atoms with Crippen LogP contribution in [0.4, 0.5) is 17.1 Å². The fraction of sp³-hybridized carbons (Fsp3) is 0.0667. The van der Waals surface area contributed by atoms with Gasteiger partial charge in [0.15, 0.2) is 0 Å². The molecule has 0 aliphatic heterocycles. The number of hydrazone groups is 1. The van der Waals surface area contributed by atoms with Crippen molar-refractivity contribution in [3.05, 3.63) is 83.9 Å². The second-order valence-electron chi connectivity index (χ2n) is 5.15. The number of hydrogen-bond donors (Lipinski definition) is 1. The van der Waals surface area contributed by atoms with E-state index in [9.17, 15) is 35.1 Å². The molecule has 0 saturated carbocycles. The van der Waals surface area contributed by atoms with Crippen molar-refractivity contribution in [3.8, 4) is 0 Å². The highest BCUT2D eigenvalue weighted by Crippen LogP contribution is 2.25. The van der Waals surface area contributed by atoms with Gasteiger partial charge in [-0.05, 0) is 6.07 Å². The average molecular weight is 373 g/mol. The predicted octanol–water partition coefficient (Wildman–Crippen LogP) is 2.10. The van der Waals surface area contributed by atoms with Gasteiger partial charge in [0.05, 0.1) is 33.5 Å². The van der Waals surface area contributed by atoms with Gasteiger partial charge in [-0.1, -0.05) is 12.1 Å². The zero-order valence-electron chi connectivity index (χ0n) is 13.5. The number of nitro groups is 3. The molecule has 2 aromatic rings. The van der Waals surface area contributed by atoms with E-state index < -0.39 is 38.5 Å². The van der Waals surface area contributed by atoms with Crippen molar-refractivity contribution in [1.82, 2.24) is 5.43 Å². The van der Waals surface area contributed by atoms with Crippen LogP contribution in [0, 0.1) is 30.3 Å². The summed E-state index contributed by atoms with van der Waals surface area (Å²) in [6.45, 7) is 0. The molecule has 27 heavy (non-hydrogen) atoms. The zero-order valence-corrected chi connectivity index (χ0v) is 13.5. The maximum Gasteiger partial charge on any atom is 0.279 e. The van der Waals surface area contributed by atoms with Crippen molar-refractivity contribution in [1.29, 1.82) is 0 Å². The van der Waals surface area contributed by atoms with Crippen LogP contribution in [-0.2, 0) is 11.2 Å². The van der Waals surface area contributed by atoms with E-state index in [2.05, 4.69) is 10.5 Å². The van der Waals surface area contributed by atoms with E-state index in [1.807, 2.05) is 0 Å². The molecular formula is C15H11N5O7. The molecule has 0 bridgehead atoms. The second-order valence-corrected chi connectivity index (χ2v) is 5.15. The number of nitrogens with zero attached hydrogens (tertiary/aromatic N) is 4. The lowest BCUT2D eigenvalue weighted by molar-refractivity contribution is -0.394. The van der Waals surface area contributed by atoms with Crippen molar-refractivity contribution >= 4 is 29.2 Å². The Bertz CT molecular complexity index is 957. The summed E-state index contributed by atoms with van der Waals surface area (Å²) in [6.07, 6.45) is 0.746. The molecule has 1 N–H and O–H groups in total. The summed E-state index contributed by atoms with van der Waals surface area (Å²) in [5, 5.41) is 36.0. The number of rotatable bonds is 7. The minimum Gasteiger partial charge on any atom is -0.273 e. The summed E-state index contributed by atoms with van der Waals surface area (Å²) in [6, 6.07) is 8.48. The first kappa shape index (κ1) is 19.1. The molecule has 12 heteroatoms. The Morgan fingerprint density at radius 3 is 2.26 bits per heavy atom. The summed E-state index contributed by atoms with van der Waals surface area (Å²) in [5.41, 5.74) is 1.32. The van der Waals surface area contributed by atoms with Crippen molar-refractivity contribution < 1.29 is 19.6 Å². The first-order valence-corrected chi connectivity index (χ1v) is 7.26. The van der Waals surface area contributed by atoms with E-state index in [1.54, 1.807) is 0 Å². The molecule has 12 nitrogen and oxygen atoms in total. The molecule has 2 rings (SSSR count). The lowest BCUT2D eigenvalue weighted by Gasteiger charge is -2.02. The summed E-state index contributed by atoms with van der Waals surface area (Å²) in [4.78, 5) is 42.1. The molecule has 0 atom stereocenters. The lowest BCUT2D eigenvalue weighted by Crippen LogP contribution is -2.20. The first-order chi connectivity index (χ1) is 12.8. The Labute approximate surface area is 150 Å². The van der Waals surface area contributed by atoms with Gasteiger partial charge >= 0.3 is 0 Å². The predicted molar refractivity (Wildman–Crippen MR) is 92.3 cm³/mol. The number of nitrogens with one attached hydrogen (secondary N) is 1. The molecule has 0 aromatic heterocycles. The van der Waals surface area contributed by atoms with Crippen LogP contribution in [0.3, 0.4) is 0 Å². The number of carbonyl (C=O) groups is 1. The first-order valence-electron chi connectivity index (χ1n) is 7.26. The Morgan fingerprint density at radius 2 is 1.63 bits per heavy atom. The molecule has 0 unspecified atom stereocenters. The zero-order chi connectivity index (χ0) is 20.0. The van der Waals surface area contributed by atoms with Gasteiger partial charge in [0.1, 0.15) is 0 Å². The summed E-state index contributed by atoms with van der Waals surface area (Å²) in [5.74, 6) is -0.700. The third kappa shape index (κ3) is 5.12. The minimum atomic E-state index is -0.817. The van der Waals surface area contributed by atoms with Crippen molar-refractivity contribution in [3.63, 3.8) is 0 Å². The van der Waals surface area contributed by atoms with E-state index in [0.717, 1.165) is 18.2 Å². The van der Waals surface area contributed by atoms with Crippen LogP contribution < -0.4 is 5.43 Å². The van der Waals surface area contributed by atoms with Gasteiger partial charge in [0, 0.05) is 29.3 Å². The summed E-state index contributed by atoms with van der Waals surface area (Å²) < 4.78 is 0. The Morgan fingerprint density at radius 1 is 0.963 bits per heavy atom. The minimum absolute atomic E-state index is 0.0198. The number of nitro benzene ring substituents is 3. The highest BCUT2D eigenvalue weighted by molar-refractivity contribution is 5.84. The van der Waals surface area contributed by atoms with Gasteiger partial charge in [0.2, 0.25) is 5.91 Å². The van der Waals surface area contributed by atoms with Crippen molar-refractivity contribution in [2.75, 3.05) is 0 Å². The SMILES string of the molecule is O=C(Cc1ccc([N+](=O)[O-])cc1[N+](=O)[O-])NN=Cc1cccc([N+](=O)[O-])c1. The maximum atomic E-state index is 11.9. The van der Waals surface area contributed by atoms with Gasteiger partial charge in [0.25, 0.3) is 17.1 Å². The van der Waals surface area contributed by atoms with E-state index in [-0.39, 0.29) is 11.3 Å². The molecule has 0 radical (unpaired) electrons. The Kier molecular flexibility index (Phi) is 5.83. The molecule has 0 heterocycles. The van der Waals surface area contributed by atoms with E-state index in [0.29, 0.717) is 5.56 Å². The number of non-ortho nitro benzene ring substituents is 2. The van der Waals surface area contributed by atoms with Gasteiger partial charge in [-0.25, -0.2) is 5.43 Å². The molecule has 0 fully saturated rings. The van der Waals surface area contributed by atoms with E-state index in [1.165, 1.54) is 30.5 Å². The highest BCUT2D eigenvalue weighted by atomic mass is 16.6. The van der Waals surface area contributed by atoms with Crippen LogP contribution in [0.5, 0.6) is 0 Å². The average Bonchev–Trinajstić information content (AvgIpc) is 2.61. The molecule has 1 amide bonds. The fourth-order valence-corrected chi connectivity index (χ4v) is 2.10. The van der Waals surface area contributed by atoms with Crippen LogP contribution in [0.2, 0.25) is 0 Å². The smallest absolute Gasteiger partial charge is 0.273 e. The third-order valence-electron chi connectivity index (χ3n) is 3.31. The van der Waals surface area contributed by atoms with Gasteiger partial charge in [-0.2, -0.15) is 5.10 Å². The van der Waals surface area contributed by atoms with Gasteiger partial charge < -0.3 is 0 Å². The van der Waals surface area contributed by atoms with E-state index >= 15 is 0 Å². The number of amides is 1. The molecule has 0 aliphatic rings. The molecule has 2 aromatic carbocycles. The standard InChI is InChI=1S/C15H11N5O7/c21-15(17-16-9-10-2-1-3-12(6-10)18(22)23)7-11-4-5-13(19(24)25)8-14(11)20(26)27/h1-6,8-9H,7H2,(H,17,21).